The molecule has 1 aliphatic rings. The summed E-state index contributed by atoms with van der Waals surface area (Å²) >= 11 is 0. The smallest absolute Gasteiger partial charge is 0.161 e. The molecule has 0 saturated heterocycles. The monoisotopic (exact) mass is 391 g/mol. The molecule has 1 atom stereocenters. The van der Waals surface area contributed by atoms with Gasteiger partial charge in [-0.15, -0.1) is 4.91 Å². The Labute approximate surface area is 170 Å². The van der Waals surface area contributed by atoms with Crippen molar-refractivity contribution in [2.75, 3.05) is 0 Å². The van der Waals surface area contributed by atoms with Crippen LogP contribution in [0.3, 0.4) is 0 Å². The average molecular weight is 391 g/mol. The van der Waals surface area contributed by atoms with E-state index in [1.165, 1.54) is 23.8 Å². The number of aromatic hydroxyl groups is 1. The normalized spacial score (nSPS) is 15.7. The maximum Gasteiger partial charge on any atom is 0.161 e. The molecule has 1 heterocycles. The zero-order valence-corrected chi connectivity index (χ0v) is 16.7. The van der Waals surface area contributed by atoms with Crippen molar-refractivity contribution >= 4 is 5.69 Å². The molecule has 0 amide bonds. The number of unbranched alkanes of at least 4 members (excludes halogenated alkanes) is 1. The Balaban J connectivity index is 2.17. The van der Waals surface area contributed by atoms with E-state index in [1.807, 2.05) is 19.1 Å². The van der Waals surface area contributed by atoms with Crippen LogP contribution in [0, 0.1) is 4.91 Å². The van der Waals surface area contributed by atoms with Gasteiger partial charge in [0, 0.05) is 6.07 Å². The Morgan fingerprint density at radius 3 is 2.45 bits per heavy atom. The van der Waals surface area contributed by atoms with Crippen molar-refractivity contribution < 1.29 is 14.9 Å². The van der Waals surface area contributed by atoms with E-state index in [0.29, 0.717) is 11.3 Å². The quantitative estimate of drug-likeness (QED) is 0.542. The molecule has 1 unspecified atom stereocenters. The number of aliphatic hydroxyl groups is 1. The summed E-state index contributed by atoms with van der Waals surface area (Å²) in [5.41, 5.74) is 1.94. The summed E-state index contributed by atoms with van der Waals surface area (Å²) in [5.74, 6) is 0.538. The standard InChI is InChI=1S/C24H25NO4/c1-4-5-6-17-7-9-18(10-8-17)24(3,23-14-13-22(27)16(2)29-23)20-12-11-19(26)15-21(20)25-28/h7-15,26-27H,2,4-6H2,1,3H3. The molecule has 0 fully saturated rings. The number of nitrogens with zero attached hydrogens (tertiary/aromatic N) is 1. The lowest BCUT2D eigenvalue weighted by atomic mass is 9.73. The third-order valence-corrected chi connectivity index (χ3v) is 5.37. The van der Waals surface area contributed by atoms with E-state index in [9.17, 15) is 15.1 Å². The van der Waals surface area contributed by atoms with Crippen molar-refractivity contribution in [2.45, 2.75) is 38.5 Å². The third-order valence-electron chi connectivity index (χ3n) is 5.37. The molecule has 0 radical (unpaired) electrons. The molecule has 0 spiro atoms. The van der Waals surface area contributed by atoms with Crippen molar-refractivity contribution in [3.05, 3.63) is 100 Å². The Morgan fingerprint density at radius 1 is 1.10 bits per heavy atom. The molecule has 2 aromatic rings. The van der Waals surface area contributed by atoms with E-state index in [2.05, 4.69) is 30.8 Å². The van der Waals surface area contributed by atoms with Crippen LogP contribution in [-0.2, 0) is 16.6 Å². The van der Waals surface area contributed by atoms with Gasteiger partial charge in [0.15, 0.2) is 11.5 Å². The number of hydrogen-bond donors (Lipinski definition) is 2. The maximum atomic E-state index is 11.5. The van der Waals surface area contributed by atoms with Gasteiger partial charge in [-0.3, -0.25) is 0 Å². The maximum absolute atomic E-state index is 11.5. The molecule has 3 rings (SSSR count). The van der Waals surface area contributed by atoms with Crippen LogP contribution in [0.4, 0.5) is 5.69 Å². The zero-order chi connectivity index (χ0) is 21.0. The molecular formula is C24H25NO4. The van der Waals surface area contributed by atoms with Gasteiger partial charge in [-0.1, -0.05) is 50.3 Å². The molecule has 0 saturated carbocycles. The van der Waals surface area contributed by atoms with Crippen molar-refractivity contribution in [3.63, 3.8) is 0 Å². The largest absolute Gasteiger partial charge is 0.508 e. The number of hydrogen-bond acceptors (Lipinski definition) is 5. The van der Waals surface area contributed by atoms with Crippen LogP contribution in [0.5, 0.6) is 5.75 Å². The fourth-order valence-corrected chi connectivity index (χ4v) is 3.57. The van der Waals surface area contributed by atoms with Crippen LogP contribution in [0.1, 0.15) is 43.4 Å². The predicted octanol–water partition coefficient (Wildman–Crippen LogP) is 6.31. The van der Waals surface area contributed by atoms with Crippen LogP contribution >= 0.6 is 0 Å². The number of phenols is 1. The molecule has 150 valence electrons. The average Bonchev–Trinajstić information content (AvgIpc) is 2.73. The minimum atomic E-state index is -0.889. The number of allylic oxidation sites excluding steroid dienone is 3. The van der Waals surface area contributed by atoms with Gasteiger partial charge in [0.1, 0.15) is 17.2 Å². The van der Waals surface area contributed by atoms with E-state index < -0.39 is 5.41 Å². The molecule has 0 aliphatic carbocycles. The first kappa shape index (κ1) is 20.4. The number of benzene rings is 2. The summed E-state index contributed by atoms with van der Waals surface area (Å²) in [4.78, 5) is 11.5. The number of phenolic OH excluding ortho intramolecular Hbond substituents is 1. The first-order chi connectivity index (χ1) is 13.9. The Bertz CT molecular complexity index is 988. The third kappa shape index (κ3) is 3.94. The van der Waals surface area contributed by atoms with Gasteiger partial charge in [0.2, 0.25) is 0 Å². The highest BCUT2D eigenvalue weighted by atomic mass is 16.5. The predicted molar refractivity (Wildman–Crippen MR) is 114 cm³/mol. The van der Waals surface area contributed by atoms with E-state index in [0.717, 1.165) is 24.8 Å². The lowest BCUT2D eigenvalue weighted by Gasteiger charge is -2.35. The van der Waals surface area contributed by atoms with Gasteiger partial charge in [0.05, 0.1) is 5.41 Å². The Morgan fingerprint density at radius 2 is 1.83 bits per heavy atom. The van der Waals surface area contributed by atoms with E-state index in [1.54, 1.807) is 12.1 Å². The van der Waals surface area contributed by atoms with Gasteiger partial charge >= 0.3 is 0 Å². The summed E-state index contributed by atoms with van der Waals surface area (Å²) in [7, 11) is 0. The first-order valence-corrected chi connectivity index (χ1v) is 9.65. The second kappa shape index (κ2) is 8.35. The fourth-order valence-electron chi connectivity index (χ4n) is 3.57. The highest BCUT2D eigenvalue weighted by molar-refractivity contribution is 5.61. The summed E-state index contributed by atoms with van der Waals surface area (Å²) in [6.45, 7) is 7.83. The van der Waals surface area contributed by atoms with E-state index >= 15 is 0 Å². The number of aliphatic hydroxyl groups excluding tert-OH is 1. The molecule has 1 aliphatic heterocycles. The summed E-state index contributed by atoms with van der Waals surface area (Å²) in [5, 5.41) is 22.8. The van der Waals surface area contributed by atoms with Gasteiger partial charge in [0.25, 0.3) is 0 Å². The van der Waals surface area contributed by atoms with Gasteiger partial charge in [-0.05, 0) is 59.9 Å². The van der Waals surface area contributed by atoms with Crippen LogP contribution in [-0.4, -0.2) is 10.2 Å². The molecule has 0 aromatic heterocycles. The van der Waals surface area contributed by atoms with Gasteiger partial charge in [-0.2, -0.15) is 0 Å². The van der Waals surface area contributed by atoms with E-state index in [4.69, 9.17) is 4.74 Å². The minimum absolute atomic E-state index is 0.0406. The van der Waals surface area contributed by atoms with Crippen LogP contribution < -0.4 is 0 Å². The number of aryl methyl sites for hydroxylation is 1. The molecule has 5 heteroatoms. The lowest BCUT2D eigenvalue weighted by Crippen LogP contribution is -2.29. The van der Waals surface area contributed by atoms with Gasteiger partial charge < -0.3 is 14.9 Å². The van der Waals surface area contributed by atoms with Crippen molar-refractivity contribution in [2.24, 2.45) is 5.18 Å². The summed E-state index contributed by atoms with van der Waals surface area (Å²) < 4.78 is 5.84. The second-order valence-corrected chi connectivity index (χ2v) is 7.33. The van der Waals surface area contributed by atoms with Crippen molar-refractivity contribution in [3.8, 4) is 5.75 Å². The summed E-state index contributed by atoms with van der Waals surface area (Å²) in [6.07, 6.45) is 6.42. The number of rotatable bonds is 7. The highest BCUT2D eigenvalue weighted by Gasteiger charge is 2.39. The molecule has 0 bridgehead atoms. The molecule has 5 nitrogen and oxygen atoms in total. The molecular weight excluding hydrogens is 366 g/mol. The highest BCUT2D eigenvalue weighted by Crippen LogP contribution is 2.46. The van der Waals surface area contributed by atoms with Crippen LogP contribution in [0.15, 0.2) is 83.6 Å². The van der Waals surface area contributed by atoms with E-state index in [-0.39, 0.29) is 23.0 Å². The van der Waals surface area contributed by atoms with Crippen molar-refractivity contribution in [1.82, 2.24) is 0 Å². The first-order valence-electron chi connectivity index (χ1n) is 9.65. The number of nitroso groups, excluding NO2 is 1. The molecule has 2 aromatic carbocycles. The van der Waals surface area contributed by atoms with Crippen LogP contribution in [0.25, 0.3) is 0 Å². The Hall–Kier alpha value is -3.34. The van der Waals surface area contributed by atoms with Gasteiger partial charge in [-0.25, -0.2) is 0 Å². The second-order valence-electron chi connectivity index (χ2n) is 7.33. The molecule has 29 heavy (non-hydrogen) atoms. The summed E-state index contributed by atoms with van der Waals surface area (Å²) in [6, 6.07) is 12.7. The SMILES string of the molecule is C=C1OC(C(C)(c2ccc(CCCC)cc2)c2ccc(O)cc2N=O)=CC=C1O. The fraction of sp³-hybridized carbons (Fsp3) is 0.250. The Kier molecular flexibility index (Phi) is 5.87. The van der Waals surface area contributed by atoms with Crippen LogP contribution in [0.2, 0.25) is 0 Å². The topological polar surface area (TPSA) is 79.1 Å². The zero-order valence-electron chi connectivity index (χ0n) is 16.7. The van der Waals surface area contributed by atoms with Crippen molar-refractivity contribution in [1.29, 1.82) is 0 Å². The lowest BCUT2D eigenvalue weighted by molar-refractivity contribution is 0.226. The molecule has 2 N–H and O–H groups in total. The minimum Gasteiger partial charge on any atom is -0.508 e. The number of ether oxygens (including phenoxy) is 1.